The molecule has 124 valence electrons. The van der Waals surface area contributed by atoms with E-state index < -0.39 is 0 Å². The molecule has 2 aromatic rings. The van der Waals surface area contributed by atoms with E-state index in [4.69, 9.17) is 21.4 Å². The molecule has 0 saturated carbocycles. The Hall–Kier alpha value is -1.21. The first-order valence-corrected chi connectivity index (χ1v) is 8.98. The fraction of sp³-hybridized carbons (Fsp3) is 0.500. The molecule has 1 aliphatic heterocycles. The smallest absolute Gasteiger partial charge is 0.208 e. The molecule has 1 unspecified atom stereocenters. The zero-order valence-electron chi connectivity index (χ0n) is 12.8. The van der Waals surface area contributed by atoms with E-state index in [1.54, 1.807) is 11.3 Å². The summed E-state index contributed by atoms with van der Waals surface area (Å²) in [5.74, 6) is 0. The van der Waals surface area contributed by atoms with Crippen molar-refractivity contribution in [3.8, 4) is 0 Å². The SMILES string of the molecule is OCCOC1CCCN(c2nnc(Cc3ccc(Cl)cc3)s2)C1. The Balaban J connectivity index is 1.60. The maximum atomic E-state index is 8.87. The van der Waals surface area contributed by atoms with Crippen molar-refractivity contribution in [2.75, 3.05) is 31.2 Å². The largest absolute Gasteiger partial charge is 0.394 e. The molecule has 7 heteroatoms. The zero-order chi connectivity index (χ0) is 16.1. The van der Waals surface area contributed by atoms with Crippen LogP contribution in [0.5, 0.6) is 0 Å². The molecule has 23 heavy (non-hydrogen) atoms. The number of aromatic nitrogens is 2. The van der Waals surface area contributed by atoms with Crippen molar-refractivity contribution in [1.82, 2.24) is 10.2 Å². The molecule has 1 aromatic heterocycles. The standard InChI is InChI=1S/C16H20ClN3O2S/c17-13-5-3-12(4-6-13)10-15-18-19-16(23-15)20-7-1-2-14(11-20)22-9-8-21/h3-6,14,21H,1-2,7-11H2. The van der Waals surface area contributed by atoms with E-state index >= 15 is 0 Å². The van der Waals surface area contributed by atoms with Gasteiger partial charge in [0.2, 0.25) is 5.13 Å². The summed E-state index contributed by atoms with van der Waals surface area (Å²) in [6, 6.07) is 7.82. The predicted octanol–water partition coefficient (Wildman–Crippen LogP) is 2.76. The van der Waals surface area contributed by atoms with Crippen molar-refractivity contribution < 1.29 is 9.84 Å². The van der Waals surface area contributed by atoms with Gasteiger partial charge < -0.3 is 14.7 Å². The Labute approximate surface area is 144 Å². The Morgan fingerprint density at radius 1 is 1.30 bits per heavy atom. The molecule has 1 N–H and O–H groups in total. The van der Waals surface area contributed by atoms with Crippen molar-refractivity contribution in [2.24, 2.45) is 0 Å². The average molecular weight is 354 g/mol. The first-order chi connectivity index (χ1) is 11.2. The summed E-state index contributed by atoms with van der Waals surface area (Å²) in [5, 5.41) is 20.2. The number of ether oxygens (including phenoxy) is 1. The van der Waals surface area contributed by atoms with Gasteiger partial charge in [0.15, 0.2) is 0 Å². The summed E-state index contributed by atoms with van der Waals surface area (Å²) in [7, 11) is 0. The number of piperidine rings is 1. The third-order valence-corrected chi connectivity index (χ3v) is 5.05. The van der Waals surface area contributed by atoms with E-state index in [0.717, 1.165) is 47.5 Å². The second-order valence-electron chi connectivity index (χ2n) is 5.59. The van der Waals surface area contributed by atoms with E-state index in [1.165, 1.54) is 5.56 Å². The van der Waals surface area contributed by atoms with Crippen LogP contribution in [0.3, 0.4) is 0 Å². The van der Waals surface area contributed by atoms with Crippen LogP contribution in [-0.2, 0) is 11.2 Å². The fourth-order valence-corrected chi connectivity index (χ4v) is 3.72. The fourth-order valence-electron chi connectivity index (χ4n) is 2.69. The third kappa shape index (κ3) is 4.64. The molecule has 1 aliphatic rings. The number of hydrogen-bond acceptors (Lipinski definition) is 6. The number of benzene rings is 1. The molecule has 0 radical (unpaired) electrons. The van der Waals surface area contributed by atoms with Crippen LogP contribution in [0.1, 0.15) is 23.4 Å². The Kier molecular flexibility index (Phi) is 5.83. The van der Waals surface area contributed by atoms with E-state index in [1.807, 2.05) is 24.3 Å². The molecule has 5 nitrogen and oxygen atoms in total. The van der Waals surface area contributed by atoms with Gasteiger partial charge in [-0.05, 0) is 30.5 Å². The van der Waals surface area contributed by atoms with Crippen LogP contribution in [0.15, 0.2) is 24.3 Å². The summed E-state index contributed by atoms with van der Waals surface area (Å²) in [6.45, 7) is 2.27. The molecule has 0 amide bonds. The number of anilines is 1. The number of nitrogens with zero attached hydrogens (tertiary/aromatic N) is 3. The first-order valence-electron chi connectivity index (χ1n) is 7.79. The molecule has 0 aliphatic carbocycles. The molecule has 1 aromatic carbocycles. The minimum absolute atomic E-state index is 0.0700. The summed E-state index contributed by atoms with van der Waals surface area (Å²) in [6.07, 6.45) is 3.04. The van der Waals surface area contributed by atoms with Crippen LogP contribution in [0, 0.1) is 0 Å². The van der Waals surface area contributed by atoms with Crippen LogP contribution in [0.25, 0.3) is 0 Å². The lowest BCUT2D eigenvalue weighted by Crippen LogP contribution is -2.40. The monoisotopic (exact) mass is 353 g/mol. The second kappa shape index (κ2) is 8.06. The van der Waals surface area contributed by atoms with E-state index in [0.29, 0.717) is 6.61 Å². The normalized spacial score (nSPS) is 18.3. The average Bonchev–Trinajstić information content (AvgIpc) is 3.04. The second-order valence-corrected chi connectivity index (χ2v) is 7.06. The van der Waals surface area contributed by atoms with Crippen LogP contribution in [0.2, 0.25) is 5.02 Å². The summed E-state index contributed by atoms with van der Waals surface area (Å²) in [5.41, 5.74) is 1.18. The van der Waals surface area contributed by atoms with E-state index in [-0.39, 0.29) is 12.7 Å². The van der Waals surface area contributed by atoms with E-state index in [9.17, 15) is 0 Å². The molecular formula is C16H20ClN3O2S. The first kappa shape index (κ1) is 16.6. The van der Waals surface area contributed by atoms with Crippen molar-refractivity contribution in [3.63, 3.8) is 0 Å². The molecule has 2 heterocycles. The number of aliphatic hydroxyl groups is 1. The predicted molar refractivity (Wildman–Crippen MR) is 92.4 cm³/mol. The molecule has 1 atom stereocenters. The van der Waals surface area contributed by atoms with Gasteiger partial charge >= 0.3 is 0 Å². The minimum Gasteiger partial charge on any atom is -0.394 e. The maximum Gasteiger partial charge on any atom is 0.208 e. The third-order valence-electron chi connectivity index (χ3n) is 3.82. The van der Waals surface area contributed by atoms with Crippen LogP contribution in [0.4, 0.5) is 5.13 Å². The number of aliphatic hydroxyl groups excluding tert-OH is 1. The highest BCUT2D eigenvalue weighted by Gasteiger charge is 2.23. The lowest BCUT2D eigenvalue weighted by molar-refractivity contribution is 0.0214. The highest BCUT2D eigenvalue weighted by Crippen LogP contribution is 2.26. The summed E-state index contributed by atoms with van der Waals surface area (Å²) >= 11 is 7.54. The number of hydrogen-bond donors (Lipinski definition) is 1. The van der Waals surface area contributed by atoms with Gasteiger partial charge in [0.05, 0.1) is 19.3 Å². The highest BCUT2D eigenvalue weighted by molar-refractivity contribution is 7.15. The zero-order valence-corrected chi connectivity index (χ0v) is 14.4. The lowest BCUT2D eigenvalue weighted by atomic mass is 10.1. The van der Waals surface area contributed by atoms with Gasteiger partial charge in [-0.2, -0.15) is 0 Å². The molecule has 0 spiro atoms. The van der Waals surface area contributed by atoms with Crippen LogP contribution in [-0.4, -0.2) is 47.7 Å². The number of rotatable bonds is 6. The Bertz CT molecular complexity index is 620. The van der Waals surface area contributed by atoms with Gasteiger partial charge in [0.1, 0.15) is 5.01 Å². The Morgan fingerprint density at radius 3 is 2.91 bits per heavy atom. The maximum absolute atomic E-state index is 8.87. The van der Waals surface area contributed by atoms with Crippen molar-refractivity contribution in [3.05, 3.63) is 39.9 Å². The van der Waals surface area contributed by atoms with Gasteiger partial charge in [0, 0.05) is 24.5 Å². The number of halogens is 1. The quantitative estimate of drug-likeness (QED) is 0.865. The van der Waals surface area contributed by atoms with Crippen molar-refractivity contribution in [2.45, 2.75) is 25.4 Å². The van der Waals surface area contributed by atoms with Gasteiger partial charge in [0.25, 0.3) is 0 Å². The minimum atomic E-state index is 0.0700. The molecule has 1 fully saturated rings. The molecule has 3 rings (SSSR count). The van der Waals surface area contributed by atoms with E-state index in [2.05, 4.69) is 15.1 Å². The van der Waals surface area contributed by atoms with Crippen molar-refractivity contribution >= 4 is 28.1 Å². The molecular weight excluding hydrogens is 334 g/mol. The summed E-state index contributed by atoms with van der Waals surface area (Å²) in [4.78, 5) is 2.23. The van der Waals surface area contributed by atoms with Gasteiger partial charge in [-0.25, -0.2) is 0 Å². The van der Waals surface area contributed by atoms with Gasteiger partial charge in [-0.3, -0.25) is 0 Å². The van der Waals surface area contributed by atoms with Gasteiger partial charge in [-0.15, -0.1) is 10.2 Å². The van der Waals surface area contributed by atoms with Crippen LogP contribution >= 0.6 is 22.9 Å². The van der Waals surface area contributed by atoms with Gasteiger partial charge in [-0.1, -0.05) is 35.1 Å². The summed E-state index contributed by atoms with van der Waals surface area (Å²) < 4.78 is 5.65. The van der Waals surface area contributed by atoms with Crippen LogP contribution < -0.4 is 4.90 Å². The highest BCUT2D eigenvalue weighted by atomic mass is 35.5. The molecule has 0 bridgehead atoms. The Morgan fingerprint density at radius 2 is 2.13 bits per heavy atom. The molecule has 1 saturated heterocycles. The lowest BCUT2D eigenvalue weighted by Gasteiger charge is -2.31. The van der Waals surface area contributed by atoms with Crippen molar-refractivity contribution in [1.29, 1.82) is 0 Å². The topological polar surface area (TPSA) is 58.5 Å².